The van der Waals surface area contributed by atoms with Crippen LogP contribution >= 0.6 is 0 Å². The molecule has 0 bridgehead atoms. The summed E-state index contributed by atoms with van der Waals surface area (Å²) in [6.07, 6.45) is 9.74. The molecule has 2 aliphatic rings. The monoisotopic (exact) mass is 368 g/mol. The minimum atomic E-state index is 0.268. The van der Waals surface area contributed by atoms with E-state index in [0.29, 0.717) is 18.5 Å². The van der Waals surface area contributed by atoms with Crippen molar-refractivity contribution >= 4 is 5.91 Å². The zero-order chi connectivity index (χ0) is 18.6. The number of nitrogens with zero attached hydrogens (tertiary/aromatic N) is 4. The third-order valence-corrected chi connectivity index (χ3v) is 5.75. The van der Waals surface area contributed by atoms with Crippen molar-refractivity contribution in [3.8, 4) is 5.75 Å². The van der Waals surface area contributed by atoms with Gasteiger partial charge in [0.2, 0.25) is 5.91 Å². The van der Waals surface area contributed by atoms with Crippen LogP contribution in [0.2, 0.25) is 0 Å². The second-order valence-electron chi connectivity index (χ2n) is 7.66. The van der Waals surface area contributed by atoms with Crippen LogP contribution in [0.25, 0.3) is 0 Å². The largest absolute Gasteiger partial charge is 0.497 e. The fraction of sp³-hybridized carbons (Fsp3) is 0.571. The molecule has 144 valence electrons. The highest BCUT2D eigenvalue weighted by molar-refractivity contribution is 5.77. The van der Waals surface area contributed by atoms with Gasteiger partial charge in [-0.1, -0.05) is 12.1 Å². The van der Waals surface area contributed by atoms with E-state index in [0.717, 1.165) is 55.8 Å². The van der Waals surface area contributed by atoms with Gasteiger partial charge in [0.25, 0.3) is 0 Å². The topological polar surface area (TPSA) is 60.2 Å². The Balaban J connectivity index is 1.30. The van der Waals surface area contributed by atoms with Gasteiger partial charge in [0.05, 0.1) is 7.11 Å². The smallest absolute Gasteiger partial charge is 0.223 e. The van der Waals surface area contributed by atoms with Gasteiger partial charge < -0.3 is 14.2 Å². The molecular formula is C21H28N4O2. The average Bonchev–Trinajstić information content (AvgIpc) is 3.24. The van der Waals surface area contributed by atoms with Crippen LogP contribution in [0.15, 0.2) is 30.6 Å². The molecule has 0 radical (unpaired) electrons. The van der Waals surface area contributed by atoms with Crippen molar-refractivity contribution in [1.82, 2.24) is 19.7 Å². The Kier molecular flexibility index (Phi) is 5.41. The number of carbonyl (C=O) groups excluding carboxylic acids is 1. The summed E-state index contributed by atoms with van der Waals surface area (Å²) in [5.74, 6) is 2.19. The normalized spacial score (nSPS) is 19.4. The molecular weight excluding hydrogens is 340 g/mol. The molecule has 27 heavy (non-hydrogen) atoms. The first-order valence-corrected chi connectivity index (χ1v) is 10.1. The minimum Gasteiger partial charge on any atom is -0.497 e. The zero-order valence-corrected chi connectivity index (χ0v) is 16.0. The molecule has 2 heterocycles. The molecule has 2 fully saturated rings. The predicted octanol–water partition coefficient (Wildman–Crippen LogP) is 3.18. The maximum absolute atomic E-state index is 12.8. The highest BCUT2D eigenvalue weighted by atomic mass is 16.5. The van der Waals surface area contributed by atoms with Gasteiger partial charge in [-0.15, -0.1) is 10.2 Å². The van der Waals surface area contributed by atoms with Crippen molar-refractivity contribution in [2.24, 2.45) is 0 Å². The van der Waals surface area contributed by atoms with Crippen LogP contribution in [0.4, 0.5) is 0 Å². The zero-order valence-electron chi connectivity index (χ0n) is 16.0. The molecule has 1 unspecified atom stereocenters. The van der Waals surface area contributed by atoms with E-state index < -0.39 is 0 Å². The number of ether oxygens (including phenoxy) is 1. The van der Waals surface area contributed by atoms with E-state index in [1.807, 2.05) is 24.5 Å². The molecule has 0 N–H and O–H groups in total. The number of carbonyl (C=O) groups is 1. The number of hydrogen-bond donors (Lipinski definition) is 0. The molecule has 1 aromatic heterocycles. The van der Waals surface area contributed by atoms with Crippen molar-refractivity contribution < 1.29 is 9.53 Å². The van der Waals surface area contributed by atoms with Gasteiger partial charge in [-0.3, -0.25) is 4.79 Å². The van der Waals surface area contributed by atoms with E-state index in [-0.39, 0.29) is 5.91 Å². The van der Waals surface area contributed by atoms with Gasteiger partial charge in [-0.25, -0.2) is 0 Å². The van der Waals surface area contributed by atoms with Crippen molar-refractivity contribution in [2.75, 3.05) is 13.7 Å². The number of methoxy groups -OCH3 is 1. The van der Waals surface area contributed by atoms with Crippen molar-refractivity contribution in [3.63, 3.8) is 0 Å². The lowest BCUT2D eigenvalue weighted by molar-refractivity contribution is -0.132. The number of benzene rings is 1. The van der Waals surface area contributed by atoms with Crippen LogP contribution in [-0.2, 0) is 17.6 Å². The summed E-state index contributed by atoms with van der Waals surface area (Å²) in [5, 5.41) is 8.38. The number of rotatable bonds is 8. The summed E-state index contributed by atoms with van der Waals surface area (Å²) in [4.78, 5) is 14.9. The van der Waals surface area contributed by atoms with Crippen molar-refractivity contribution in [2.45, 2.75) is 63.5 Å². The third-order valence-electron chi connectivity index (χ3n) is 5.75. The van der Waals surface area contributed by atoms with E-state index >= 15 is 0 Å². The Hall–Kier alpha value is -2.37. The molecule has 1 atom stereocenters. The Morgan fingerprint density at radius 3 is 2.96 bits per heavy atom. The Labute approximate surface area is 160 Å². The van der Waals surface area contributed by atoms with E-state index in [1.54, 1.807) is 7.11 Å². The van der Waals surface area contributed by atoms with Crippen LogP contribution in [0.3, 0.4) is 0 Å². The lowest BCUT2D eigenvalue weighted by atomic mass is 10.1. The Morgan fingerprint density at radius 2 is 2.15 bits per heavy atom. The fourth-order valence-corrected chi connectivity index (χ4v) is 4.09. The summed E-state index contributed by atoms with van der Waals surface area (Å²) < 4.78 is 7.49. The maximum Gasteiger partial charge on any atom is 0.223 e. The van der Waals surface area contributed by atoms with Gasteiger partial charge in [0.15, 0.2) is 0 Å². The predicted molar refractivity (Wildman–Crippen MR) is 103 cm³/mol. The molecule has 6 heteroatoms. The SMILES string of the molecule is COc1cccc(CCC(=O)N2CCCC2CCc2nncn2C2CC2)c1. The molecule has 1 amide bonds. The summed E-state index contributed by atoms with van der Waals surface area (Å²) >= 11 is 0. The molecule has 6 nitrogen and oxygen atoms in total. The lowest BCUT2D eigenvalue weighted by Gasteiger charge is -2.25. The van der Waals surface area contributed by atoms with Crippen molar-refractivity contribution in [1.29, 1.82) is 0 Å². The minimum absolute atomic E-state index is 0.268. The van der Waals surface area contributed by atoms with Crippen LogP contribution in [-0.4, -0.2) is 45.3 Å². The maximum atomic E-state index is 12.8. The second-order valence-corrected chi connectivity index (χ2v) is 7.66. The van der Waals surface area contributed by atoms with Crippen LogP contribution in [0.5, 0.6) is 5.75 Å². The molecule has 0 spiro atoms. The summed E-state index contributed by atoms with van der Waals surface area (Å²) in [5.41, 5.74) is 1.15. The van der Waals surface area contributed by atoms with Gasteiger partial charge in [0, 0.05) is 31.5 Å². The second kappa shape index (κ2) is 8.11. The number of likely N-dealkylation sites (tertiary alicyclic amines) is 1. The van der Waals surface area contributed by atoms with E-state index in [9.17, 15) is 4.79 Å². The average molecular weight is 368 g/mol. The first-order valence-electron chi connectivity index (χ1n) is 10.1. The van der Waals surface area contributed by atoms with Crippen molar-refractivity contribution in [3.05, 3.63) is 42.0 Å². The Morgan fingerprint density at radius 1 is 1.26 bits per heavy atom. The molecule has 1 saturated heterocycles. The van der Waals surface area contributed by atoms with Gasteiger partial charge in [0.1, 0.15) is 17.9 Å². The molecule has 1 aliphatic heterocycles. The first kappa shape index (κ1) is 18.0. The van der Waals surface area contributed by atoms with Gasteiger partial charge >= 0.3 is 0 Å². The molecule has 2 aromatic rings. The fourth-order valence-electron chi connectivity index (χ4n) is 4.09. The van der Waals surface area contributed by atoms with Gasteiger partial charge in [-0.2, -0.15) is 0 Å². The number of hydrogen-bond acceptors (Lipinski definition) is 4. The summed E-state index contributed by atoms with van der Waals surface area (Å²) in [6.45, 7) is 0.886. The highest BCUT2D eigenvalue weighted by Gasteiger charge is 2.30. The van der Waals surface area contributed by atoms with E-state index in [2.05, 4.69) is 25.7 Å². The first-order chi connectivity index (χ1) is 13.2. The summed E-state index contributed by atoms with van der Waals surface area (Å²) in [7, 11) is 1.67. The lowest BCUT2D eigenvalue weighted by Crippen LogP contribution is -2.36. The van der Waals surface area contributed by atoms with E-state index in [1.165, 1.54) is 12.8 Å². The van der Waals surface area contributed by atoms with E-state index in [4.69, 9.17) is 4.74 Å². The molecule has 4 rings (SSSR count). The number of aryl methyl sites for hydroxylation is 2. The number of amides is 1. The molecule has 1 aliphatic carbocycles. The molecule has 1 saturated carbocycles. The van der Waals surface area contributed by atoms with Crippen LogP contribution in [0, 0.1) is 0 Å². The summed E-state index contributed by atoms with van der Waals surface area (Å²) in [6, 6.07) is 8.93. The van der Waals surface area contributed by atoms with Gasteiger partial charge in [-0.05, 0) is 56.2 Å². The number of aromatic nitrogens is 3. The quantitative estimate of drug-likeness (QED) is 0.718. The third kappa shape index (κ3) is 4.31. The van der Waals surface area contributed by atoms with Crippen LogP contribution < -0.4 is 4.74 Å². The molecule has 1 aromatic carbocycles. The highest BCUT2D eigenvalue weighted by Crippen LogP contribution is 2.35. The Bertz CT molecular complexity index is 784. The van der Waals surface area contributed by atoms with Crippen LogP contribution in [0.1, 0.15) is 56.0 Å². The standard InChI is InChI=1S/C21H28N4O2/c1-27-19-6-2-4-16(14-19)7-12-21(26)24-13-3-5-17(24)10-11-20-23-22-15-25(20)18-8-9-18/h2,4,6,14-15,17-18H,3,5,7-13H2,1H3.